The van der Waals surface area contributed by atoms with Crippen LogP contribution in [0, 0.1) is 13.8 Å². The molecule has 0 aliphatic heterocycles. The van der Waals surface area contributed by atoms with Gasteiger partial charge in [-0.05, 0) is 79.8 Å². The average Bonchev–Trinajstić information content (AvgIpc) is 2.67. The molecule has 2 nitrogen and oxygen atoms in total. The van der Waals surface area contributed by atoms with Crippen molar-refractivity contribution in [3.05, 3.63) is 95.2 Å². The van der Waals surface area contributed by atoms with E-state index < -0.39 is 0 Å². The van der Waals surface area contributed by atoms with E-state index in [0.717, 1.165) is 18.7 Å². The fourth-order valence-corrected chi connectivity index (χ4v) is 3.33. The Morgan fingerprint density at radius 3 is 2.46 bits per heavy atom. The Labute approximate surface area is 171 Å². The molecule has 0 amide bonds. The van der Waals surface area contributed by atoms with Crippen LogP contribution in [0.1, 0.15) is 43.0 Å². The third-order valence-corrected chi connectivity index (χ3v) is 4.91. The van der Waals surface area contributed by atoms with Crippen LogP contribution in [0.4, 0.5) is 0 Å². The van der Waals surface area contributed by atoms with Crippen molar-refractivity contribution in [2.24, 2.45) is 0 Å². The van der Waals surface area contributed by atoms with Crippen LogP contribution in [-0.4, -0.2) is 13.6 Å². The van der Waals surface area contributed by atoms with Crippen LogP contribution in [0.5, 0.6) is 0 Å². The summed E-state index contributed by atoms with van der Waals surface area (Å²) in [5, 5.41) is 6.76. The number of likely N-dealkylation sites (N-methyl/N-ethyl adjacent to an activating group) is 1. The minimum Gasteiger partial charge on any atom is -0.379 e. The molecule has 0 heterocycles. The van der Waals surface area contributed by atoms with Gasteiger partial charge in [0.05, 0.1) is 0 Å². The third-order valence-electron chi connectivity index (χ3n) is 4.91. The first kappa shape index (κ1) is 21.7. The van der Waals surface area contributed by atoms with E-state index >= 15 is 0 Å². The average molecular weight is 375 g/mol. The van der Waals surface area contributed by atoms with E-state index in [1.54, 1.807) is 0 Å². The van der Waals surface area contributed by atoms with Crippen LogP contribution >= 0.6 is 0 Å². The molecule has 0 radical (unpaired) electrons. The summed E-state index contributed by atoms with van der Waals surface area (Å²) in [5.74, 6) is 0. The molecule has 2 aromatic rings. The van der Waals surface area contributed by atoms with Crippen molar-refractivity contribution in [1.82, 2.24) is 10.6 Å². The molecule has 1 unspecified atom stereocenters. The molecule has 0 spiro atoms. The fraction of sp³-hybridized carbons (Fsp3) is 0.308. The van der Waals surface area contributed by atoms with Gasteiger partial charge < -0.3 is 10.6 Å². The third kappa shape index (κ3) is 5.97. The molecule has 2 aromatic carbocycles. The standard InChI is InChI=1S/C26H34N2/c1-7-8-12-23(18-27-6)16-21(4)28-22(5)24-15-14-20(3)26(17-24)25-13-10-9-11-19(25)2/h8-17,22,27-28H,4,7,18H2,1-3,5-6H3/b12-8-,23-16+. The van der Waals surface area contributed by atoms with E-state index in [4.69, 9.17) is 0 Å². The molecule has 2 heteroatoms. The summed E-state index contributed by atoms with van der Waals surface area (Å²) in [5.41, 5.74) is 8.61. The lowest BCUT2D eigenvalue weighted by atomic mass is 9.93. The SMILES string of the molecule is C=C(/C=C(\C=C/CC)CNC)NC(C)c1ccc(C)c(-c2ccccc2C)c1. The molecule has 148 valence electrons. The highest BCUT2D eigenvalue weighted by Crippen LogP contribution is 2.29. The summed E-state index contributed by atoms with van der Waals surface area (Å²) in [6.45, 7) is 13.7. The lowest BCUT2D eigenvalue weighted by Crippen LogP contribution is -2.18. The minimum atomic E-state index is 0.179. The zero-order valence-electron chi connectivity index (χ0n) is 18.0. The van der Waals surface area contributed by atoms with Crippen molar-refractivity contribution in [2.75, 3.05) is 13.6 Å². The molecule has 28 heavy (non-hydrogen) atoms. The van der Waals surface area contributed by atoms with Crippen molar-refractivity contribution >= 4 is 0 Å². The summed E-state index contributed by atoms with van der Waals surface area (Å²) in [6, 6.07) is 15.5. The summed E-state index contributed by atoms with van der Waals surface area (Å²) in [7, 11) is 1.96. The second-order valence-corrected chi connectivity index (χ2v) is 7.34. The zero-order valence-corrected chi connectivity index (χ0v) is 18.0. The summed E-state index contributed by atoms with van der Waals surface area (Å²) in [4.78, 5) is 0. The fourth-order valence-electron chi connectivity index (χ4n) is 3.33. The highest BCUT2D eigenvalue weighted by atomic mass is 14.9. The molecule has 0 saturated carbocycles. The Hall–Kier alpha value is -2.58. The van der Waals surface area contributed by atoms with E-state index in [1.165, 1.54) is 33.4 Å². The lowest BCUT2D eigenvalue weighted by molar-refractivity contribution is 0.666. The number of rotatable bonds is 9. The van der Waals surface area contributed by atoms with Gasteiger partial charge in [-0.25, -0.2) is 0 Å². The maximum Gasteiger partial charge on any atom is 0.0485 e. The Morgan fingerprint density at radius 2 is 1.79 bits per heavy atom. The Morgan fingerprint density at radius 1 is 1.07 bits per heavy atom. The van der Waals surface area contributed by atoms with Crippen molar-refractivity contribution in [2.45, 2.75) is 40.2 Å². The van der Waals surface area contributed by atoms with E-state index in [0.29, 0.717) is 0 Å². The molecule has 2 rings (SSSR count). The second-order valence-electron chi connectivity index (χ2n) is 7.34. The highest BCUT2D eigenvalue weighted by molar-refractivity contribution is 5.71. The number of hydrogen-bond donors (Lipinski definition) is 2. The van der Waals surface area contributed by atoms with E-state index in [2.05, 4.69) is 106 Å². The first-order valence-electron chi connectivity index (χ1n) is 10.1. The second kappa shape index (κ2) is 10.7. The number of nitrogens with one attached hydrogen (secondary N) is 2. The first-order valence-corrected chi connectivity index (χ1v) is 10.1. The summed E-state index contributed by atoms with van der Waals surface area (Å²) < 4.78 is 0. The number of benzene rings is 2. The Kier molecular flexibility index (Phi) is 8.28. The van der Waals surface area contributed by atoms with Gasteiger partial charge in [0.1, 0.15) is 0 Å². The lowest BCUT2D eigenvalue weighted by Gasteiger charge is -2.19. The molecule has 0 aromatic heterocycles. The van der Waals surface area contributed by atoms with E-state index in [1.807, 2.05) is 7.05 Å². The molecular formula is C26H34N2. The van der Waals surface area contributed by atoms with Gasteiger partial charge >= 0.3 is 0 Å². The smallest absolute Gasteiger partial charge is 0.0485 e. The Balaban J connectivity index is 2.21. The van der Waals surface area contributed by atoms with E-state index in [-0.39, 0.29) is 6.04 Å². The molecule has 2 N–H and O–H groups in total. The van der Waals surface area contributed by atoms with Crippen molar-refractivity contribution in [1.29, 1.82) is 0 Å². The van der Waals surface area contributed by atoms with Gasteiger partial charge in [0.25, 0.3) is 0 Å². The first-order chi connectivity index (χ1) is 13.5. The van der Waals surface area contributed by atoms with Crippen LogP contribution < -0.4 is 10.6 Å². The molecule has 0 fully saturated rings. The normalized spacial score (nSPS) is 13.0. The Bertz CT molecular complexity index is 858. The van der Waals surface area contributed by atoms with Gasteiger partial charge in [0, 0.05) is 18.3 Å². The van der Waals surface area contributed by atoms with Gasteiger partial charge in [-0.15, -0.1) is 0 Å². The van der Waals surface area contributed by atoms with Crippen LogP contribution in [-0.2, 0) is 0 Å². The minimum absolute atomic E-state index is 0.179. The van der Waals surface area contributed by atoms with Gasteiger partial charge in [0.15, 0.2) is 0 Å². The molecule has 0 aliphatic carbocycles. The van der Waals surface area contributed by atoms with Gasteiger partial charge in [0.2, 0.25) is 0 Å². The molecule has 0 saturated heterocycles. The van der Waals surface area contributed by atoms with E-state index in [9.17, 15) is 0 Å². The molecule has 0 bridgehead atoms. The van der Waals surface area contributed by atoms with Crippen molar-refractivity contribution in [3.63, 3.8) is 0 Å². The monoisotopic (exact) mass is 374 g/mol. The number of aryl methyl sites for hydroxylation is 2. The van der Waals surface area contributed by atoms with Gasteiger partial charge in [-0.1, -0.05) is 62.1 Å². The maximum atomic E-state index is 4.21. The van der Waals surface area contributed by atoms with Crippen LogP contribution in [0.15, 0.2) is 78.5 Å². The largest absolute Gasteiger partial charge is 0.379 e. The van der Waals surface area contributed by atoms with Crippen LogP contribution in [0.3, 0.4) is 0 Å². The molecular weight excluding hydrogens is 340 g/mol. The zero-order chi connectivity index (χ0) is 20.5. The topological polar surface area (TPSA) is 24.1 Å². The van der Waals surface area contributed by atoms with Gasteiger partial charge in [-0.3, -0.25) is 0 Å². The predicted octanol–water partition coefficient (Wildman–Crippen LogP) is 6.25. The number of allylic oxidation sites excluding steroid dienone is 2. The van der Waals surface area contributed by atoms with Crippen LogP contribution in [0.25, 0.3) is 11.1 Å². The van der Waals surface area contributed by atoms with Crippen LogP contribution in [0.2, 0.25) is 0 Å². The quantitative estimate of drug-likeness (QED) is 0.507. The highest BCUT2D eigenvalue weighted by Gasteiger charge is 2.10. The molecule has 0 aliphatic rings. The van der Waals surface area contributed by atoms with Gasteiger partial charge in [-0.2, -0.15) is 0 Å². The summed E-state index contributed by atoms with van der Waals surface area (Å²) in [6.07, 6.45) is 7.49. The maximum absolute atomic E-state index is 4.21. The summed E-state index contributed by atoms with van der Waals surface area (Å²) >= 11 is 0. The predicted molar refractivity (Wildman–Crippen MR) is 123 cm³/mol. The van der Waals surface area contributed by atoms with Crippen molar-refractivity contribution < 1.29 is 0 Å². The molecule has 1 atom stereocenters. The van der Waals surface area contributed by atoms with Crippen molar-refractivity contribution in [3.8, 4) is 11.1 Å². The number of hydrogen-bond acceptors (Lipinski definition) is 2.